The molecule has 1 unspecified atom stereocenters. The summed E-state index contributed by atoms with van der Waals surface area (Å²) in [7, 11) is 0. The average molecular weight is 364 g/mol. The number of hydrogen-bond donors (Lipinski definition) is 1. The number of carbonyl (C=O) groups is 2. The minimum absolute atomic E-state index is 0.0162. The van der Waals surface area contributed by atoms with Crippen molar-refractivity contribution in [3.63, 3.8) is 0 Å². The molecule has 27 heavy (non-hydrogen) atoms. The van der Waals surface area contributed by atoms with Gasteiger partial charge in [0.25, 0.3) is 0 Å². The Balaban J connectivity index is 1.60. The molecule has 0 saturated carbocycles. The summed E-state index contributed by atoms with van der Waals surface area (Å²) in [5, 5.41) is 2.83. The lowest BCUT2D eigenvalue weighted by molar-refractivity contribution is -0.134. The van der Waals surface area contributed by atoms with Gasteiger partial charge in [-0.1, -0.05) is 67.6 Å². The van der Waals surface area contributed by atoms with Gasteiger partial charge in [0.1, 0.15) is 0 Å². The molecule has 2 aromatic carbocycles. The smallest absolute Gasteiger partial charge is 0.241 e. The van der Waals surface area contributed by atoms with Gasteiger partial charge in [-0.3, -0.25) is 9.59 Å². The fraction of sp³-hybridized carbons (Fsp3) is 0.391. The second-order valence-corrected chi connectivity index (χ2v) is 7.44. The van der Waals surface area contributed by atoms with Crippen LogP contribution in [0.1, 0.15) is 43.2 Å². The van der Waals surface area contributed by atoms with Gasteiger partial charge < -0.3 is 10.2 Å². The van der Waals surface area contributed by atoms with Crippen molar-refractivity contribution < 1.29 is 9.59 Å². The van der Waals surface area contributed by atoms with Crippen LogP contribution in [-0.2, 0) is 9.59 Å². The van der Waals surface area contributed by atoms with Gasteiger partial charge in [0.2, 0.25) is 11.8 Å². The lowest BCUT2D eigenvalue weighted by Crippen LogP contribution is -2.44. The minimum atomic E-state index is -0.0916. The van der Waals surface area contributed by atoms with Crippen molar-refractivity contribution >= 4 is 11.8 Å². The van der Waals surface area contributed by atoms with Crippen LogP contribution in [0.5, 0.6) is 0 Å². The van der Waals surface area contributed by atoms with Crippen molar-refractivity contribution in [1.29, 1.82) is 0 Å². The zero-order valence-electron chi connectivity index (χ0n) is 15.9. The van der Waals surface area contributed by atoms with Crippen molar-refractivity contribution in [3.8, 4) is 0 Å². The Morgan fingerprint density at radius 3 is 2.19 bits per heavy atom. The number of piperidine rings is 1. The number of benzene rings is 2. The number of hydrogen-bond acceptors (Lipinski definition) is 2. The number of carbonyl (C=O) groups excluding carboxylic acids is 2. The zero-order chi connectivity index (χ0) is 19.1. The quantitative estimate of drug-likeness (QED) is 0.852. The zero-order valence-corrected chi connectivity index (χ0v) is 15.9. The maximum Gasteiger partial charge on any atom is 0.241 e. The molecule has 0 radical (unpaired) electrons. The molecule has 1 aliphatic rings. The van der Waals surface area contributed by atoms with Crippen LogP contribution < -0.4 is 5.32 Å². The Morgan fingerprint density at radius 1 is 1.04 bits per heavy atom. The third-order valence-electron chi connectivity index (χ3n) is 5.24. The van der Waals surface area contributed by atoms with Crippen molar-refractivity contribution in [1.82, 2.24) is 10.2 Å². The second-order valence-electron chi connectivity index (χ2n) is 7.44. The summed E-state index contributed by atoms with van der Waals surface area (Å²) in [4.78, 5) is 26.8. The summed E-state index contributed by atoms with van der Waals surface area (Å²) in [5.41, 5.74) is 2.21. The second kappa shape index (κ2) is 9.36. The van der Waals surface area contributed by atoms with Gasteiger partial charge in [-0.25, -0.2) is 0 Å². The van der Waals surface area contributed by atoms with E-state index in [0.29, 0.717) is 12.3 Å². The molecule has 1 heterocycles. The molecule has 142 valence electrons. The molecule has 0 bridgehead atoms. The van der Waals surface area contributed by atoms with E-state index >= 15 is 0 Å². The summed E-state index contributed by atoms with van der Waals surface area (Å²) in [6.45, 7) is 3.85. The Kier molecular flexibility index (Phi) is 6.64. The van der Waals surface area contributed by atoms with E-state index in [9.17, 15) is 9.59 Å². The fourth-order valence-corrected chi connectivity index (χ4v) is 3.76. The fourth-order valence-electron chi connectivity index (χ4n) is 3.76. The molecule has 1 saturated heterocycles. The molecular weight excluding hydrogens is 336 g/mol. The molecule has 4 nitrogen and oxygen atoms in total. The van der Waals surface area contributed by atoms with Gasteiger partial charge >= 0.3 is 0 Å². The van der Waals surface area contributed by atoms with E-state index in [4.69, 9.17) is 0 Å². The molecule has 3 rings (SSSR count). The first-order valence-corrected chi connectivity index (χ1v) is 9.78. The van der Waals surface area contributed by atoms with E-state index in [1.165, 1.54) is 6.42 Å². The molecule has 4 heteroatoms. The number of rotatable bonds is 6. The van der Waals surface area contributed by atoms with Crippen molar-refractivity contribution in [2.75, 3.05) is 19.6 Å². The van der Waals surface area contributed by atoms with Crippen LogP contribution in [0.15, 0.2) is 60.7 Å². The topological polar surface area (TPSA) is 49.4 Å². The van der Waals surface area contributed by atoms with E-state index in [1.54, 1.807) is 0 Å². The third-order valence-corrected chi connectivity index (χ3v) is 5.24. The van der Waals surface area contributed by atoms with Crippen molar-refractivity contribution in [3.05, 3.63) is 71.8 Å². The van der Waals surface area contributed by atoms with Crippen molar-refractivity contribution in [2.24, 2.45) is 5.92 Å². The van der Waals surface area contributed by atoms with Crippen LogP contribution in [0.2, 0.25) is 0 Å². The summed E-state index contributed by atoms with van der Waals surface area (Å²) in [6.07, 6.45) is 2.55. The molecule has 0 spiro atoms. The van der Waals surface area contributed by atoms with E-state index in [-0.39, 0.29) is 24.3 Å². The highest BCUT2D eigenvalue weighted by Gasteiger charge is 2.22. The Morgan fingerprint density at radius 2 is 1.63 bits per heavy atom. The van der Waals surface area contributed by atoms with Crippen LogP contribution in [0.3, 0.4) is 0 Å². The average Bonchev–Trinajstić information content (AvgIpc) is 2.71. The van der Waals surface area contributed by atoms with Gasteiger partial charge in [-0.15, -0.1) is 0 Å². The highest BCUT2D eigenvalue weighted by atomic mass is 16.2. The molecule has 2 aromatic rings. The molecule has 1 atom stereocenters. The van der Waals surface area contributed by atoms with Crippen LogP contribution in [-0.4, -0.2) is 36.3 Å². The van der Waals surface area contributed by atoms with Gasteiger partial charge in [0.15, 0.2) is 0 Å². The Bertz CT molecular complexity index is 706. The van der Waals surface area contributed by atoms with Crippen LogP contribution in [0, 0.1) is 5.92 Å². The lowest BCUT2D eigenvalue weighted by Gasteiger charge is -2.31. The largest absolute Gasteiger partial charge is 0.347 e. The van der Waals surface area contributed by atoms with E-state index in [2.05, 4.69) is 12.2 Å². The Hall–Kier alpha value is -2.62. The third kappa shape index (κ3) is 5.43. The predicted molar refractivity (Wildman–Crippen MR) is 107 cm³/mol. The molecule has 1 aliphatic heterocycles. The molecular formula is C23H28N2O2. The van der Waals surface area contributed by atoms with Gasteiger partial charge in [0.05, 0.1) is 6.54 Å². The highest BCUT2D eigenvalue weighted by Crippen LogP contribution is 2.27. The number of nitrogens with zero attached hydrogens (tertiary/aromatic N) is 1. The SMILES string of the molecule is CC1CCCN(C(=O)CNC(=O)CC(c2ccccc2)c2ccccc2)C1. The highest BCUT2D eigenvalue weighted by molar-refractivity contribution is 5.85. The first-order valence-electron chi connectivity index (χ1n) is 9.78. The lowest BCUT2D eigenvalue weighted by atomic mass is 9.88. The standard InChI is InChI=1S/C23H28N2O2/c1-18-9-8-14-25(17-18)23(27)16-24-22(26)15-21(19-10-4-2-5-11-19)20-12-6-3-7-13-20/h2-7,10-13,18,21H,8-9,14-17H2,1H3,(H,24,26). The van der Waals surface area contributed by atoms with Gasteiger partial charge in [-0.2, -0.15) is 0 Å². The molecule has 1 fully saturated rings. The predicted octanol–water partition coefficient (Wildman–Crippen LogP) is 3.58. The summed E-state index contributed by atoms with van der Waals surface area (Å²) >= 11 is 0. The monoisotopic (exact) mass is 364 g/mol. The van der Waals surface area contributed by atoms with Crippen LogP contribution in [0.4, 0.5) is 0 Å². The number of nitrogens with one attached hydrogen (secondary N) is 1. The van der Waals surface area contributed by atoms with Gasteiger partial charge in [-0.05, 0) is 29.9 Å². The number of likely N-dealkylation sites (tertiary alicyclic amines) is 1. The van der Waals surface area contributed by atoms with Crippen LogP contribution >= 0.6 is 0 Å². The Labute approximate surface area is 161 Å². The van der Waals surface area contributed by atoms with E-state index in [1.807, 2.05) is 65.6 Å². The van der Waals surface area contributed by atoms with Crippen molar-refractivity contribution in [2.45, 2.75) is 32.1 Å². The maximum atomic E-state index is 12.6. The number of amides is 2. The normalized spacial score (nSPS) is 17.0. The molecule has 0 aliphatic carbocycles. The molecule has 2 amide bonds. The summed E-state index contributed by atoms with van der Waals surface area (Å²) < 4.78 is 0. The summed E-state index contributed by atoms with van der Waals surface area (Å²) in [6, 6.07) is 20.1. The first kappa shape index (κ1) is 19.2. The first-order chi connectivity index (χ1) is 13.1. The van der Waals surface area contributed by atoms with E-state index in [0.717, 1.165) is 30.6 Å². The molecule has 0 aromatic heterocycles. The minimum Gasteiger partial charge on any atom is -0.347 e. The summed E-state index contributed by atoms with van der Waals surface area (Å²) in [5.74, 6) is 0.452. The van der Waals surface area contributed by atoms with Gasteiger partial charge in [0, 0.05) is 25.4 Å². The van der Waals surface area contributed by atoms with E-state index < -0.39 is 0 Å². The van der Waals surface area contributed by atoms with Crippen LogP contribution in [0.25, 0.3) is 0 Å². The maximum absolute atomic E-state index is 12.6. The molecule has 1 N–H and O–H groups in total.